The summed E-state index contributed by atoms with van der Waals surface area (Å²) in [5, 5.41) is 3.48. The number of Topliss-reactive ketones (excluding diaryl/α,β-unsaturated/α-hetero) is 2. The molecule has 0 amide bonds. The van der Waals surface area contributed by atoms with E-state index < -0.39 is 0 Å². The Labute approximate surface area is 258 Å². The molecule has 0 bridgehead atoms. The molecule has 0 atom stereocenters. The van der Waals surface area contributed by atoms with Gasteiger partial charge in [-0.05, 0) is 80.5 Å². The predicted molar refractivity (Wildman–Crippen MR) is 168 cm³/mol. The molecule has 0 radical (unpaired) electrons. The smallest absolute Gasteiger partial charge is 0.161 e. The minimum atomic E-state index is -0.382. The molecule has 228 valence electrons. The van der Waals surface area contributed by atoms with Crippen molar-refractivity contribution in [2.45, 2.75) is 71.5 Å². The van der Waals surface area contributed by atoms with Crippen molar-refractivity contribution < 1.29 is 28.5 Å². The number of carbonyl (C=O) groups excluding carboxylic acids is 2. The van der Waals surface area contributed by atoms with E-state index in [0.29, 0.717) is 62.3 Å². The van der Waals surface area contributed by atoms with Gasteiger partial charge in [-0.3, -0.25) is 9.59 Å². The van der Waals surface area contributed by atoms with Crippen LogP contribution in [-0.4, -0.2) is 24.8 Å². The summed E-state index contributed by atoms with van der Waals surface area (Å²) in [5.41, 5.74) is 6.30. The van der Waals surface area contributed by atoms with Crippen molar-refractivity contribution in [3.05, 3.63) is 106 Å². The number of benzene rings is 3. The lowest BCUT2D eigenvalue weighted by atomic mass is 9.71. The van der Waals surface area contributed by atoms with E-state index in [4.69, 9.17) is 18.9 Å². The van der Waals surface area contributed by atoms with Crippen molar-refractivity contribution in [2.75, 3.05) is 13.2 Å². The van der Waals surface area contributed by atoms with Gasteiger partial charge in [0.05, 0.1) is 13.2 Å². The van der Waals surface area contributed by atoms with Gasteiger partial charge >= 0.3 is 0 Å². The third kappa shape index (κ3) is 6.23. The van der Waals surface area contributed by atoms with Gasteiger partial charge in [0.15, 0.2) is 34.6 Å². The van der Waals surface area contributed by atoms with Crippen molar-refractivity contribution in [2.24, 2.45) is 0 Å². The van der Waals surface area contributed by atoms with Crippen molar-refractivity contribution in [3.63, 3.8) is 0 Å². The molecule has 0 saturated heterocycles. The number of hydrogen-bond acceptors (Lipinski definition) is 7. The largest absolute Gasteiger partial charge is 0.490 e. The monoisotopic (exact) mass is 593 g/mol. The molecule has 0 fully saturated rings. The van der Waals surface area contributed by atoms with Crippen LogP contribution in [-0.2, 0) is 22.8 Å². The Kier molecular flexibility index (Phi) is 9.01. The van der Waals surface area contributed by atoms with E-state index in [1.165, 1.54) is 0 Å². The quantitative estimate of drug-likeness (QED) is 0.249. The van der Waals surface area contributed by atoms with Crippen LogP contribution in [0.3, 0.4) is 0 Å². The van der Waals surface area contributed by atoms with Crippen LogP contribution in [0.5, 0.6) is 23.0 Å². The molecule has 3 aromatic carbocycles. The van der Waals surface area contributed by atoms with Crippen LogP contribution >= 0.6 is 0 Å². The Bertz CT molecular complexity index is 1560. The predicted octanol–water partition coefficient (Wildman–Crippen LogP) is 7.34. The highest BCUT2D eigenvalue weighted by Gasteiger charge is 2.40. The van der Waals surface area contributed by atoms with Crippen molar-refractivity contribution >= 4 is 11.6 Å². The van der Waals surface area contributed by atoms with Gasteiger partial charge in [-0.25, -0.2) is 0 Å². The van der Waals surface area contributed by atoms with Gasteiger partial charge < -0.3 is 24.3 Å². The molecule has 44 heavy (non-hydrogen) atoms. The molecule has 0 aromatic heterocycles. The highest BCUT2D eigenvalue weighted by atomic mass is 16.5. The number of ether oxygens (including phenoxy) is 4. The third-order valence-electron chi connectivity index (χ3n) is 8.33. The molecule has 1 heterocycles. The molecule has 1 aliphatic heterocycles. The molecule has 0 spiro atoms. The lowest BCUT2D eigenvalue weighted by Crippen LogP contribution is -2.36. The molecule has 6 rings (SSSR count). The fourth-order valence-corrected chi connectivity index (χ4v) is 6.33. The fraction of sp³-hybridized carbons (Fsp3) is 0.351. The summed E-state index contributed by atoms with van der Waals surface area (Å²) in [6.07, 6.45) is 4.32. The minimum absolute atomic E-state index is 0.119. The van der Waals surface area contributed by atoms with Crippen molar-refractivity contribution in [1.82, 2.24) is 5.32 Å². The second kappa shape index (κ2) is 13.4. The molecule has 1 N–H and O–H groups in total. The number of rotatable bonds is 11. The van der Waals surface area contributed by atoms with Crippen LogP contribution in [0.1, 0.15) is 75.0 Å². The van der Waals surface area contributed by atoms with E-state index in [1.54, 1.807) is 0 Å². The maximum absolute atomic E-state index is 13.2. The maximum atomic E-state index is 13.2. The van der Waals surface area contributed by atoms with Crippen LogP contribution in [0.15, 0.2) is 89.3 Å². The molecule has 7 heteroatoms. The van der Waals surface area contributed by atoms with Crippen LogP contribution < -0.4 is 24.3 Å². The first kappa shape index (κ1) is 29.5. The van der Waals surface area contributed by atoms with E-state index in [1.807, 2.05) is 80.6 Å². The number of dihydropyridines is 1. The standard InChI is InChI=1S/C37H39NO6/c1-3-41-33-20-25(16-18-31(33)43-22-24-10-6-5-7-11-24)23-44-32-19-17-26(21-34(32)42-4-2)35-36-27(12-8-14-29(36)39)38-28-13-9-15-30(40)37(28)35/h5-7,10-11,16-21,35,38H,3-4,8-9,12-15,22-23H2,1-2H3. The fourth-order valence-electron chi connectivity index (χ4n) is 6.33. The topological polar surface area (TPSA) is 83.1 Å². The first-order chi connectivity index (χ1) is 21.6. The normalized spacial score (nSPS) is 16.7. The van der Waals surface area contributed by atoms with Gasteiger partial charge in [-0.1, -0.05) is 42.5 Å². The van der Waals surface area contributed by atoms with E-state index in [2.05, 4.69) is 5.32 Å². The zero-order valence-corrected chi connectivity index (χ0v) is 25.4. The summed E-state index contributed by atoms with van der Waals surface area (Å²) in [6.45, 7) is 5.59. The Morgan fingerprint density at radius 1 is 0.614 bits per heavy atom. The van der Waals surface area contributed by atoms with E-state index >= 15 is 0 Å². The SMILES string of the molecule is CCOc1cc(COc2ccc(C3C4=C(CCCC4=O)NC4=C3C(=O)CCC4)cc2OCC)ccc1OCc1ccccc1. The molecular formula is C37H39NO6. The van der Waals surface area contributed by atoms with Gasteiger partial charge in [0.25, 0.3) is 0 Å². The highest BCUT2D eigenvalue weighted by Crippen LogP contribution is 2.46. The van der Waals surface area contributed by atoms with Gasteiger partial charge in [0.1, 0.15) is 13.2 Å². The molecule has 3 aliphatic rings. The molecular weight excluding hydrogens is 554 g/mol. The van der Waals surface area contributed by atoms with Crippen molar-refractivity contribution in [3.8, 4) is 23.0 Å². The second-order valence-electron chi connectivity index (χ2n) is 11.3. The molecule has 3 aromatic rings. The summed E-state index contributed by atoms with van der Waals surface area (Å²) >= 11 is 0. The zero-order valence-electron chi connectivity index (χ0n) is 25.4. The van der Waals surface area contributed by atoms with Crippen LogP contribution in [0.4, 0.5) is 0 Å². The maximum Gasteiger partial charge on any atom is 0.161 e. The third-order valence-corrected chi connectivity index (χ3v) is 8.33. The highest BCUT2D eigenvalue weighted by molar-refractivity contribution is 6.06. The van der Waals surface area contributed by atoms with Crippen LogP contribution in [0.2, 0.25) is 0 Å². The summed E-state index contributed by atoms with van der Waals surface area (Å²) in [7, 11) is 0. The van der Waals surface area contributed by atoms with Gasteiger partial charge in [-0.2, -0.15) is 0 Å². The summed E-state index contributed by atoms with van der Waals surface area (Å²) in [4.78, 5) is 26.5. The second-order valence-corrected chi connectivity index (χ2v) is 11.3. The number of ketones is 2. The van der Waals surface area contributed by atoms with Gasteiger partial charge in [0, 0.05) is 41.3 Å². The summed E-state index contributed by atoms with van der Waals surface area (Å²) < 4.78 is 24.3. The number of allylic oxidation sites excluding steroid dienone is 4. The Balaban J connectivity index is 1.24. The minimum Gasteiger partial charge on any atom is -0.490 e. The number of carbonyl (C=O) groups is 2. The number of hydrogen-bond donors (Lipinski definition) is 1. The molecule has 7 nitrogen and oxygen atoms in total. The van der Waals surface area contributed by atoms with E-state index in [-0.39, 0.29) is 17.5 Å². The average molecular weight is 594 g/mol. The Hall–Kier alpha value is -4.52. The lowest BCUT2D eigenvalue weighted by Gasteiger charge is -2.37. The van der Waals surface area contributed by atoms with Crippen LogP contribution in [0.25, 0.3) is 0 Å². The van der Waals surface area contributed by atoms with Gasteiger partial charge in [-0.15, -0.1) is 0 Å². The molecule has 0 saturated carbocycles. The summed E-state index contributed by atoms with van der Waals surface area (Å²) in [6, 6.07) is 21.7. The van der Waals surface area contributed by atoms with Crippen molar-refractivity contribution in [1.29, 1.82) is 0 Å². The lowest BCUT2D eigenvalue weighted by molar-refractivity contribution is -0.117. The summed E-state index contributed by atoms with van der Waals surface area (Å²) in [5.74, 6) is 2.39. The van der Waals surface area contributed by atoms with E-state index in [9.17, 15) is 9.59 Å². The first-order valence-corrected chi connectivity index (χ1v) is 15.7. The molecule has 2 aliphatic carbocycles. The Morgan fingerprint density at radius 2 is 1.18 bits per heavy atom. The average Bonchev–Trinajstić information content (AvgIpc) is 3.04. The first-order valence-electron chi connectivity index (χ1n) is 15.7. The van der Waals surface area contributed by atoms with E-state index in [0.717, 1.165) is 64.9 Å². The van der Waals surface area contributed by atoms with Crippen LogP contribution in [0, 0.1) is 0 Å². The Morgan fingerprint density at radius 3 is 1.80 bits per heavy atom. The van der Waals surface area contributed by atoms with Gasteiger partial charge in [0.2, 0.25) is 0 Å². The number of nitrogens with one attached hydrogen (secondary N) is 1. The molecule has 0 unspecified atom stereocenters. The zero-order chi connectivity index (χ0) is 30.5.